The Morgan fingerprint density at radius 2 is 1.94 bits per heavy atom. The number of fused-ring (bicyclic) bond motifs is 2. The Labute approximate surface area is 200 Å². The van der Waals surface area contributed by atoms with Crippen molar-refractivity contribution in [2.45, 2.75) is 26.8 Å². The van der Waals surface area contributed by atoms with E-state index in [1.54, 1.807) is 8.61 Å². The van der Waals surface area contributed by atoms with Gasteiger partial charge in [-0.3, -0.25) is 9.21 Å². The highest BCUT2D eigenvalue weighted by molar-refractivity contribution is 7.90. The molecule has 1 N–H and O–H groups in total. The van der Waals surface area contributed by atoms with Crippen LogP contribution in [0.15, 0.2) is 54.7 Å². The molecule has 8 heteroatoms. The highest BCUT2D eigenvalue weighted by atomic mass is 32.2. The number of nitrogens with zero attached hydrogens (tertiary/aromatic N) is 3. The molecule has 0 saturated carbocycles. The summed E-state index contributed by atoms with van der Waals surface area (Å²) in [5.41, 5.74) is 5.01. The van der Waals surface area contributed by atoms with E-state index in [9.17, 15) is 12.8 Å². The van der Waals surface area contributed by atoms with Gasteiger partial charge in [0.05, 0.1) is 5.69 Å². The molecule has 0 unspecified atom stereocenters. The molecule has 0 saturated heterocycles. The molecule has 0 aliphatic carbocycles. The Balaban J connectivity index is 1.30. The number of aromatic amines is 1. The minimum absolute atomic E-state index is 0.245. The van der Waals surface area contributed by atoms with Crippen molar-refractivity contribution in [2.75, 3.05) is 37.0 Å². The van der Waals surface area contributed by atoms with Crippen LogP contribution in [0.25, 0.3) is 16.5 Å². The van der Waals surface area contributed by atoms with Crippen LogP contribution in [0.4, 0.5) is 10.1 Å². The van der Waals surface area contributed by atoms with E-state index in [1.165, 1.54) is 17.7 Å². The molecule has 3 heterocycles. The lowest BCUT2D eigenvalue weighted by molar-refractivity contribution is 0.306. The number of hydrogen-bond acceptors (Lipinski definition) is 3. The van der Waals surface area contributed by atoms with Gasteiger partial charge in [-0.2, -0.15) is 12.7 Å². The topological polar surface area (TPSA) is 59.6 Å². The molecule has 0 spiro atoms. The minimum atomic E-state index is -3.56. The van der Waals surface area contributed by atoms with Crippen LogP contribution in [0.5, 0.6) is 0 Å². The molecule has 0 amide bonds. The van der Waals surface area contributed by atoms with E-state index >= 15 is 0 Å². The molecule has 2 aliphatic heterocycles. The molecular weight excluding hydrogens is 451 g/mol. The van der Waals surface area contributed by atoms with Gasteiger partial charge < -0.3 is 4.98 Å². The second-order valence-corrected chi connectivity index (χ2v) is 11.4. The van der Waals surface area contributed by atoms with E-state index in [4.69, 9.17) is 0 Å². The van der Waals surface area contributed by atoms with Crippen molar-refractivity contribution < 1.29 is 12.8 Å². The number of aromatic nitrogens is 1. The van der Waals surface area contributed by atoms with E-state index in [0.29, 0.717) is 26.2 Å². The van der Waals surface area contributed by atoms with Gasteiger partial charge >= 0.3 is 10.2 Å². The fraction of sp³-hybridized carbons (Fsp3) is 0.385. The zero-order valence-electron chi connectivity index (χ0n) is 19.7. The first-order valence-corrected chi connectivity index (χ1v) is 13.3. The summed E-state index contributed by atoms with van der Waals surface area (Å²) in [4.78, 5) is 5.46. The van der Waals surface area contributed by atoms with Gasteiger partial charge in [0.2, 0.25) is 0 Å². The van der Waals surface area contributed by atoms with Crippen LogP contribution < -0.4 is 4.31 Å². The molecule has 0 fully saturated rings. The summed E-state index contributed by atoms with van der Waals surface area (Å²) in [6.07, 6.45) is 5.03. The molecule has 0 atom stereocenters. The maximum absolute atomic E-state index is 13.5. The number of anilines is 1. The van der Waals surface area contributed by atoms with Crippen molar-refractivity contribution in [2.24, 2.45) is 5.92 Å². The molecule has 0 bridgehead atoms. The van der Waals surface area contributed by atoms with Gasteiger partial charge in [-0.25, -0.2) is 4.39 Å². The first-order chi connectivity index (χ1) is 16.3. The Hall–Kier alpha value is -2.68. The molecule has 5 rings (SSSR count). The maximum Gasteiger partial charge on any atom is 0.304 e. The molecular formula is C26H31FN4O2S. The van der Waals surface area contributed by atoms with Crippen LogP contribution in [0, 0.1) is 11.7 Å². The summed E-state index contributed by atoms with van der Waals surface area (Å²) < 4.78 is 43.6. The highest BCUT2D eigenvalue weighted by Crippen LogP contribution is 2.33. The monoisotopic (exact) mass is 482 g/mol. The van der Waals surface area contributed by atoms with Crippen molar-refractivity contribution >= 4 is 32.4 Å². The quantitative estimate of drug-likeness (QED) is 0.558. The Kier molecular flexibility index (Phi) is 6.22. The molecule has 2 aromatic carbocycles. The van der Waals surface area contributed by atoms with Gasteiger partial charge in [0.1, 0.15) is 5.82 Å². The first-order valence-electron chi connectivity index (χ1n) is 11.9. The molecule has 2 aliphatic rings. The van der Waals surface area contributed by atoms with Crippen molar-refractivity contribution in [3.05, 3.63) is 71.7 Å². The van der Waals surface area contributed by atoms with Crippen molar-refractivity contribution in [3.8, 4) is 0 Å². The summed E-state index contributed by atoms with van der Waals surface area (Å²) >= 11 is 0. The third-order valence-corrected chi connectivity index (χ3v) is 8.55. The lowest BCUT2D eigenvalue weighted by atomic mass is 9.99. The van der Waals surface area contributed by atoms with Gasteiger partial charge in [0, 0.05) is 61.9 Å². The SMILES string of the molecule is CC(C)CN1Cc2ccccc2N(CCN2CC=C(c3c[nH]c4cc(F)ccc34)CC2)S1(=O)=O. The molecule has 6 nitrogen and oxygen atoms in total. The summed E-state index contributed by atoms with van der Waals surface area (Å²) in [6, 6.07) is 12.6. The maximum atomic E-state index is 13.5. The van der Waals surface area contributed by atoms with Gasteiger partial charge in [-0.05, 0) is 47.7 Å². The Bertz CT molecular complexity index is 1330. The molecule has 0 radical (unpaired) electrons. The number of hydrogen-bond donors (Lipinski definition) is 1. The predicted octanol–water partition coefficient (Wildman–Crippen LogP) is 4.62. The minimum Gasteiger partial charge on any atom is -0.360 e. The normalized spacial score (nSPS) is 18.9. The predicted molar refractivity (Wildman–Crippen MR) is 135 cm³/mol. The summed E-state index contributed by atoms with van der Waals surface area (Å²) in [7, 11) is -3.56. The van der Waals surface area contributed by atoms with Gasteiger partial charge in [-0.1, -0.05) is 38.1 Å². The smallest absolute Gasteiger partial charge is 0.304 e. The molecule has 180 valence electrons. The van der Waals surface area contributed by atoms with Crippen LogP contribution in [-0.2, 0) is 16.8 Å². The highest BCUT2D eigenvalue weighted by Gasteiger charge is 2.36. The number of H-pyrrole nitrogens is 1. The second kappa shape index (κ2) is 9.17. The second-order valence-electron chi connectivity index (χ2n) is 9.57. The largest absolute Gasteiger partial charge is 0.360 e. The zero-order chi connectivity index (χ0) is 23.9. The lowest BCUT2D eigenvalue weighted by Gasteiger charge is -2.39. The average Bonchev–Trinajstić information content (AvgIpc) is 3.22. The lowest BCUT2D eigenvalue weighted by Crippen LogP contribution is -2.51. The Morgan fingerprint density at radius 3 is 2.71 bits per heavy atom. The fourth-order valence-electron chi connectivity index (χ4n) is 4.98. The summed E-state index contributed by atoms with van der Waals surface area (Å²) in [6.45, 7) is 7.72. The number of rotatable bonds is 6. The molecule has 1 aromatic heterocycles. The number of para-hydroxylation sites is 1. The van der Waals surface area contributed by atoms with Crippen molar-refractivity contribution in [1.82, 2.24) is 14.2 Å². The third kappa shape index (κ3) is 4.37. The van der Waals surface area contributed by atoms with Crippen LogP contribution in [-0.4, -0.2) is 55.3 Å². The fourth-order valence-corrected chi connectivity index (χ4v) is 6.79. The molecule has 34 heavy (non-hydrogen) atoms. The summed E-state index contributed by atoms with van der Waals surface area (Å²) in [5.74, 6) is 0.0134. The van der Waals surface area contributed by atoms with Crippen molar-refractivity contribution in [1.29, 1.82) is 0 Å². The van der Waals surface area contributed by atoms with E-state index in [1.807, 2.05) is 50.4 Å². The van der Waals surface area contributed by atoms with Crippen LogP contribution in [0.3, 0.4) is 0 Å². The van der Waals surface area contributed by atoms with Crippen LogP contribution >= 0.6 is 0 Å². The van der Waals surface area contributed by atoms with E-state index in [-0.39, 0.29) is 11.7 Å². The number of nitrogens with one attached hydrogen (secondary N) is 1. The number of halogens is 1. The first kappa shape index (κ1) is 23.1. The van der Waals surface area contributed by atoms with E-state index in [0.717, 1.165) is 47.2 Å². The average molecular weight is 483 g/mol. The summed E-state index contributed by atoms with van der Waals surface area (Å²) in [5, 5.41) is 1.03. The third-order valence-electron chi connectivity index (χ3n) is 6.68. The Morgan fingerprint density at radius 1 is 1.12 bits per heavy atom. The number of benzene rings is 2. The standard InChI is InChI=1S/C26H31FN4O2S/c1-19(2)17-30-18-21-5-3-4-6-26(21)31(34(30,32)33)14-13-29-11-9-20(10-12-29)24-16-28-25-15-22(27)7-8-23(24)25/h3-9,15-16,19,28H,10-14,17-18H2,1-2H3. The van der Waals surface area contributed by atoms with E-state index < -0.39 is 10.2 Å². The van der Waals surface area contributed by atoms with Crippen LogP contribution in [0.1, 0.15) is 31.4 Å². The van der Waals surface area contributed by atoms with Gasteiger partial charge in [-0.15, -0.1) is 0 Å². The zero-order valence-corrected chi connectivity index (χ0v) is 20.5. The van der Waals surface area contributed by atoms with Crippen LogP contribution in [0.2, 0.25) is 0 Å². The van der Waals surface area contributed by atoms with Gasteiger partial charge in [0.25, 0.3) is 0 Å². The van der Waals surface area contributed by atoms with Gasteiger partial charge in [0.15, 0.2) is 0 Å². The van der Waals surface area contributed by atoms with Crippen molar-refractivity contribution in [3.63, 3.8) is 0 Å². The van der Waals surface area contributed by atoms with E-state index in [2.05, 4.69) is 16.0 Å². The molecule has 3 aromatic rings.